The van der Waals surface area contributed by atoms with Gasteiger partial charge in [-0.15, -0.1) is 0 Å². The second-order valence-corrected chi connectivity index (χ2v) is 9.62. The highest BCUT2D eigenvalue weighted by Crippen LogP contribution is 2.52. The van der Waals surface area contributed by atoms with Crippen LogP contribution in [-0.4, -0.2) is 53.7 Å². The van der Waals surface area contributed by atoms with Crippen molar-refractivity contribution in [2.24, 2.45) is 17.8 Å². The van der Waals surface area contributed by atoms with Crippen LogP contribution in [0.1, 0.15) is 47.4 Å². The number of benzene rings is 2. The topological polar surface area (TPSA) is 78.9 Å². The lowest BCUT2D eigenvalue weighted by molar-refractivity contribution is -0.145. The lowest BCUT2D eigenvalue weighted by Gasteiger charge is -2.21. The summed E-state index contributed by atoms with van der Waals surface area (Å²) in [4.78, 5) is 26.7. The van der Waals surface area contributed by atoms with Crippen molar-refractivity contribution >= 4 is 11.9 Å². The quantitative estimate of drug-likeness (QED) is 0.637. The summed E-state index contributed by atoms with van der Waals surface area (Å²) in [6, 6.07) is 18.1. The Kier molecular flexibility index (Phi) is 6.21. The Hall–Kier alpha value is -2.70. The summed E-state index contributed by atoms with van der Waals surface area (Å²) in [7, 11) is 0. The van der Waals surface area contributed by atoms with Crippen molar-refractivity contribution in [3.8, 4) is 0 Å². The van der Waals surface area contributed by atoms with Crippen LogP contribution in [0.5, 0.6) is 0 Å². The standard InChI is InChI=1S/C27H32N2O4/c1-2-33-27(32)24-21-15-29(16-22(21)24)26(31)19-10-8-17(9-11-19)14-20-12-13-23(28-20)25(30)18-6-4-3-5-7-18/h3-11,20-25,28,30H,2,12-16H2,1H3/t20-,21-,22+,23+,24?,25+/m0/s1. The number of amides is 1. The van der Waals surface area contributed by atoms with Gasteiger partial charge >= 0.3 is 5.97 Å². The summed E-state index contributed by atoms with van der Waals surface area (Å²) in [5.74, 6) is 0.448. The summed E-state index contributed by atoms with van der Waals surface area (Å²) in [5, 5.41) is 14.3. The van der Waals surface area contributed by atoms with E-state index in [1.54, 1.807) is 0 Å². The van der Waals surface area contributed by atoms with Crippen LogP contribution in [0.4, 0.5) is 0 Å². The molecule has 6 atom stereocenters. The number of carbonyl (C=O) groups excluding carboxylic acids is 2. The maximum atomic E-state index is 12.9. The molecule has 6 nitrogen and oxygen atoms in total. The second-order valence-electron chi connectivity index (χ2n) is 9.62. The van der Waals surface area contributed by atoms with E-state index in [-0.39, 0.29) is 35.7 Å². The molecule has 1 saturated carbocycles. The number of likely N-dealkylation sites (tertiary alicyclic amines) is 1. The molecule has 1 amide bonds. The molecule has 33 heavy (non-hydrogen) atoms. The average molecular weight is 449 g/mol. The van der Waals surface area contributed by atoms with E-state index < -0.39 is 6.10 Å². The third-order valence-electron chi connectivity index (χ3n) is 7.52. The molecule has 2 N–H and O–H groups in total. The molecule has 6 heteroatoms. The number of fused-ring (bicyclic) bond motifs is 1. The lowest BCUT2D eigenvalue weighted by Crippen LogP contribution is -2.35. The van der Waals surface area contributed by atoms with Gasteiger partial charge in [0.2, 0.25) is 0 Å². The van der Waals surface area contributed by atoms with Crippen molar-refractivity contribution in [3.63, 3.8) is 0 Å². The fraction of sp³-hybridized carbons (Fsp3) is 0.481. The SMILES string of the molecule is CCOC(=O)C1[C@H]2CN(C(=O)c3ccc(C[C@@H]4CC[C@H]([C@H](O)c5ccccc5)N4)cc3)C[C@@H]12. The molecule has 2 saturated heterocycles. The van der Waals surface area contributed by atoms with Crippen molar-refractivity contribution in [1.82, 2.24) is 10.2 Å². The number of nitrogens with zero attached hydrogens (tertiary/aromatic N) is 1. The molecule has 0 aromatic heterocycles. The number of ether oxygens (including phenoxy) is 1. The number of nitrogens with one attached hydrogen (secondary N) is 1. The van der Waals surface area contributed by atoms with E-state index in [2.05, 4.69) is 5.32 Å². The summed E-state index contributed by atoms with van der Waals surface area (Å²) < 4.78 is 5.13. The van der Waals surface area contributed by atoms with Crippen molar-refractivity contribution in [3.05, 3.63) is 71.3 Å². The molecule has 1 aliphatic carbocycles. The highest BCUT2D eigenvalue weighted by Gasteiger charge is 2.61. The number of hydrogen-bond acceptors (Lipinski definition) is 5. The molecule has 0 spiro atoms. The Morgan fingerprint density at radius 3 is 2.42 bits per heavy atom. The number of hydrogen-bond donors (Lipinski definition) is 2. The molecule has 2 aliphatic heterocycles. The third-order valence-corrected chi connectivity index (χ3v) is 7.52. The van der Waals surface area contributed by atoms with E-state index in [1.165, 1.54) is 5.56 Å². The van der Waals surface area contributed by atoms with Gasteiger partial charge in [0.05, 0.1) is 18.6 Å². The van der Waals surface area contributed by atoms with E-state index in [9.17, 15) is 14.7 Å². The molecule has 2 heterocycles. The van der Waals surface area contributed by atoms with Crippen LogP contribution in [0, 0.1) is 17.8 Å². The minimum absolute atomic E-state index is 0.0143. The third kappa shape index (κ3) is 4.55. The van der Waals surface area contributed by atoms with Gasteiger partial charge in [-0.2, -0.15) is 0 Å². The highest BCUT2D eigenvalue weighted by atomic mass is 16.5. The predicted molar refractivity (Wildman–Crippen MR) is 125 cm³/mol. The largest absolute Gasteiger partial charge is 0.466 e. The molecule has 3 aliphatic rings. The Labute approximate surface area is 194 Å². The van der Waals surface area contributed by atoms with Gasteiger partial charge in [-0.3, -0.25) is 9.59 Å². The van der Waals surface area contributed by atoms with E-state index in [4.69, 9.17) is 4.74 Å². The lowest BCUT2D eigenvalue weighted by atomic mass is 10.0. The van der Waals surface area contributed by atoms with Crippen LogP contribution in [0.25, 0.3) is 0 Å². The van der Waals surface area contributed by atoms with E-state index in [1.807, 2.05) is 66.4 Å². The minimum Gasteiger partial charge on any atom is -0.466 e. The fourth-order valence-electron chi connectivity index (χ4n) is 5.67. The zero-order valence-corrected chi connectivity index (χ0v) is 19.0. The Bertz CT molecular complexity index is 981. The van der Waals surface area contributed by atoms with Gasteiger partial charge in [-0.1, -0.05) is 42.5 Å². The average Bonchev–Trinajstić information content (AvgIpc) is 3.16. The number of carbonyl (C=O) groups is 2. The van der Waals surface area contributed by atoms with Crippen LogP contribution in [0.2, 0.25) is 0 Å². The molecular formula is C27H32N2O4. The molecule has 2 aromatic carbocycles. The van der Waals surface area contributed by atoms with Gasteiger partial charge in [-0.05, 0) is 61.3 Å². The summed E-state index contributed by atoms with van der Waals surface area (Å²) >= 11 is 0. The molecule has 2 aromatic rings. The van der Waals surface area contributed by atoms with Crippen molar-refractivity contribution in [1.29, 1.82) is 0 Å². The van der Waals surface area contributed by atoms with Crippen LogP contribution in [0.3, 0.4) is 0 Å². The van der Waals surface area contributed by atoms with Crippen molar-refractivity contribution in [2.75, 3.05) is 19.7 Å². The molecule has 174 valence electrons. The summed E-state index contributed by atoms with van der Waals surface area (Å²) in [6.45, 7) is 3.52. The Balaban J connectivity index is 1.11. The maximum absolute atomic E-state index is 12.9. The van der Waals surface area contributed by atoms with Crippen LogP contribution >= 0.6 is 0 Å². The van der Waals surface area contributed by atoms with Crippen molar-refractivity contribution < 1.29 is 19.4 Å². The highest BCUT2D eigenvalue weighted by molar-refractivity contribution is 5.95. The zero-order chi connectivity index (χ0) is 22.9. The molecule has 0 bridgehead atoms. The fourth-order valence-corrected chi connectivity index (χ4v) is 5.67. The van der Waals surface area contributed by atoms with Gasteiger partial charge in [-0.25, -0.2) is 0 Å². The summed E-state index contributed by atoms with van der Waals surface area (Å²) in [6.07, 6.45) is 2.35. The van der Waals surface area contributed by atoms with Crippen molar-refractivity contribution in [2.45, 2.75) is 44.4 Å². The molecule has 0 radical (unpaired) electrons. The van der Waals surface area contributed by atoms with E-state index in [0.29, 0.717) is 31.3 Å². The van der Waals surface area contributed by atoms with Gasteiger partial charge in [0.15, 0.2) is 0 Å². The minimum atomic E-state index is -0.494. The monoisotopic (exact) mass is 448 g/mol. The normalized spacial score (nSPS) is 28.9. The first-order chi connectivity index (χ1) is 16.0. The molecular weight excluding hydrogens is 416 g/mol. The number of aliphatic hydroxyl groups is 1. The number of piperidine rings is 1. The maximum Gasteiger partial charge on any atom is 0.309 e. The molecule has 3 fully saturated rings. The number of rotatable bonds is 7. The first-order valence-electron chi connectivity index (χ1n) is 12.1. The zero-order valence-electron chi connectivity index (χ0n) is 19.0. The van der Waals surface area contributed by atoms with Gasteiger partial charge in [0.25, 0.3) is 5.91 Å². The molecule has 5 rings (SSSR count). The Morgan fingerprint density at radius 2 is 1.76 bits per heavy atom. The first kappa shape index (κ1) is 22.1. The van der Waals surface area contributed by atoms with E-state index >= 15 is 0 Å². The summed E-state index contributed by atoms with van der Waals surface area (Å²) in [5.41, 5.74) is 2.83. The smallest absolute Gasteiger partial charge is 0.309 e. The van der Waals surface area contributed by atoms with E-state index in [0.717, 1.165) is 24.8 Å². The van der Waals surface area contributed by atoms with Gasteiger partial charge in [0, 0.05) is 30.7 Å². The van der Waals surface area contributed by atoms with Crippen LogP contribution < -0.4 is 5.32 Å². The number of esters is 1. The first-order valence-corrected chi connectivity index (χ1v) is 12.1. The number of aliphatic hydroxyl groups excluding tert-OH is 1. The second kappa shape index (κ2) is 9.27. The molecule has 1 unspecified atom stereocenters. The van der Waals surface area contributed by atoms with Gasteiger partial charge < -0.3 is 20.1 Å². The van der Waals surface area contributed by atoms with Crippen LogP contribution in [0.15, 0.2) is 54.6 Å². The van der Waals surface area contributed by atoms with Gasteiger partial charge in [0.1, 0.15) is 0 Å². The Morgan fingerprint density at radius 1 is 1.06 bits per heavy atom. The van der Waals surface area contributed by atoms with Crippen LogP contribution in [-0.2, 0) is 16.0 Å². The predicted octanol–water partition coefficient (Wildman–Crippen LogP) is 2.96.